The SMILES string of the molecule is FC(F)=[C-]OCO[C-]=C(F)F.[Rf].[Rf].[Rf].[Rf].[Rf].[Rf].[Rf]. The van der Waals surface area contributed by atoms with Crippen molar-refractivity contribution in [2.75, 3.05) is 6.79 Å². The fourth-order valence-electron chi connectivity index (χ4n) is 0.197. The summed E-state index contributed by atoms with van der Waals surface area (Å²) in [6.07, 6.45) is -2.23. The maximum atomic E-state index is 11.1. The summed E-state index contributed by atoms with van der Waals surface area (Å²) in [5, 5.41) is 0. The molecule has 0 N–H and O–H groups in total. The molecular formula is C5H2F4O2Rf7-2. The predicted molar refractivity (Wildman–Crippen MR) is 25.0 cm³/mol. The van der Waals surface area contributed by atoms with E-state index in [4.69, 9.17) is 0 Å². The quantitative estimate of drug-likeness (QED) is 0.141. The molecular weight excluding hydrogens is 2040 g/mol. The smallest absolute Gasteiger partial charge is 0.160 e. The second kappa shape index (κ2) is 68.3. The van der Waals surface area contributed by atoms with E-state index >= 15 is 0 Å². The van der Waals surface area contributed by atoms with Crippen LogP contribution in [-0.2, 0) is 9.47 Å². The Kier molecular flexibility index (Phi) is 889. The molecule has 0 rings (SSSR count). The molecule has 78 valence electrons. The molecule has 0 spiro atoms. The molecule has 0 aromatic heterocycles. The molecule has 2 nitrogen and oxygen atoms in total. The summed E-state index contributed by atoms with van der Waals surface area (Å²) in [5.41, 5.74) is 0. The Hall–Kier alpha value is -8.20. The first-order chi connectivity index (χ1) is 5.13. The molecule has 0 amide bonds. The summed E-state index contributed by atoms with van der Waals surface area (Å²) in [7, 11) is 0. The van der Waals surface area contributed by atoms with Crippen molar-refractivity contribution < 1.29 is 27.0 Å². The molecule has 0 fully saturated rings. The molecule has 0 aromatic rings. The predicted octanol–water partition coefficient (Wildman–Crippen LogP) is 2.06. The second-order valence-electron chi connectivity index (χ2n) is 1.13. The van der Waals surface area contributed by atoms with Crippen LogP contribution in [0.4, 0.5) is 17.6 Å². The molecule has 0 unspecified atom stereocenters. The van der Waals surface area contributed by atoms with E-state index in [1.54, 1.807) is 0 Å². The van der Waals surface area contributed by atoms with Gasteiger partial charge < -0.3 is 9.47 Å². The first-order valence-electron chi connectivity index (χ1n) is 2.24. The minimum atomic E-state index is -2.20. The van der Waals surface area contributed by atoms with Crippen molar-refractivity contribution >= 4 is 0 Å². The number of hydrogen-bond acceptors (Lipinski definition) is 2. The Balaban J connectivity index is -0.0000000238. The third-order valence-electron chi connectivity index (χ3n) is 0.416. The molecule has 0 aromatic carbocycles. The summed E-state index contributed by atoms with van der Waals surface area (Å²) in [4.78, 5) is 0. The van der Waals surface area contributed by atoms with Gasteiger partial charge in [0.05, 0.1) is 0 Å². The Morgan fingerprint density at radius 2 is 0.833 bits per heavy atom. The van der Waals surface area contributed by atoms with E-state index in [2.05, 4.69) is 9.47 Å². The van der Waals surface area contributed by atoms with Gasteiger partial charge in [-0.15, -0.1) is 0 Å². The zero-order valence-electron chi connectivity index (χ0n) is 9.99. The van der Waals surface area contributed by atoms with Gasteiger partial charge in [-0.1, -0.05) is 0 Å². The second-order valence-corrected chi connectivity index (χ2v) is 1.13. The van der Waals surface area contributed by atoms with Crippen LogP contribution >= 0.6 is 0 Å². The first-order valence-corrected chi connectivity index (χ1v) is 2.24. The van der Waals surface area contributed by atoms with Crippen LogP contribution in [0.3, 0.4) is 0 Å². The third kappa shape index (κ3) is 9020. The van der Waals surface area contributed by atoms with Crippen molar-refractivity contribution in [2.24, 2.45) is 0 Å². The van der Waals surface area contributed by atoms with Crippen LogP contribution in [0.2, 0.25) is 0 Å². The van der Waals surface area contributed by atoms with Gasteiger partial charge in [0.25, 0.3) is 0 Å². The van der Waals surface area contributed by atoms with Crippen molar-refractivity contribution in [1.82, 2.24) is 0 Å². The van der Waals surface area contributed by atoms with Crippen molar-refractivity contribution in [3.63, 3.8) is 0 Å². The van der Waals surface area contributed by atoms with Crippen LogP contribution in [-0.4, -0.2) is 6.79 Å². The number of halogens is 4. The van der Waals surface area contributed by atoms with Gasteiger partial charge in [-0.05, 0) is 0 Å². The van der Waals surface area contributed by atoms with Crippen molar-refractivity contribution in [3.05, 3.63) is 24.7 Å². The minimum absolute atomic E-state index is 0. The van der Waals surface area contributed by atoms with E-state index in [0.29, 0.717) is 0 Å². The average Bonchev–Trinajstić information content (AvgIpc) is 1.85. The summed E-state index contributed by atoms with van der Waals surface area (Å²) in [5.74, 6) is 0. The van der Waals surface area contributed by atoms with E-state index in [9.17, 15) is 17.6 Å². The van der Waals surface area contributed by atoms with Crippen molar-refractivity contribution in [1.29, 1.82) is 0 Å². The molecule has 0 atom stereocenters. The summed E-state index contributed by atoms with van der Waals surface area (Å²) < 4.78 is 51.8. The van der Waals surface area contributed by atoms with Gasteiger partial charge in [0.2, 0.25) is 0 Å². The summed E-state index contributed by atoms with van der Waals surface area (Å²) in [6, 6.07) is 0. The van der Waals surface area contributed by atoms with Gasteiger partial charge in [-0.25, -0.2) is 30.1 Å². The monoisotopic (exact) mass is 2040 g/mol. The zero-order valence-corrected chi connectivity index (χ0v) is 54.8. The first kappa shape index (κ1) is 234. The maximum Gasteiger partial charge on any atom is 0.160 e. The maximum absolute atomic E-state index is 11.1. The molecule has 0 radical (unpaired) electrons. The van der Waals surface area contributed by atoms with Crippen molar-refractivity contribution in [3.8, 4) is 0 Å². The number of rotatable bonds is 4. The van der Waals surface area contributed by atoms with E-state index in [-0.39, 0.29) is 0 Å². The number of ether oxygens (including phenoxy) is 2. The van der Waals surface area contributed by atoms with E-state index in [0.717, 1.165) is 12.5 Å². The molecule has 0 saturated heterocycles. The third-order valence-corrected chi connectivity index (χ3v) is 0.416. The zero-order chi connectivity index (χ0) is 8.69. The Morgan fingerprint density at radius 3 is 1.00 bits per heavy atom. The fourth-order valence-corrected chi connectivity index (χ4v) is 0.197. The fraction of sp³-hybridized carbons (Fsp3) is 0.200. The van der Waals surface area contributed by atoms with Crippen LogP contribution < -0.4 is 0 Å². The molecule has 0 aliphatic carbocycles. The average molecular weight is 2040 g/mol. The Morgan fingerprint density at radius 1 is 0.611 bits per heavy atom. The Bertz CT molecular complexity index is 157. The van der Waals surface area contributed by atoms with Crippen LogP contribution in [0.5, 0.6) is 0 Å². The van der Waals surface area contributed by atoms with Gasteiger partial charge in [-0.2, -0.15) is 0 Å². The molecule has 18 heavy (non-hydrogen) atoms. The van der Waals surface area contributed by atoms with Crippen LogP contribution in [0.15, 0.2) is 12.2 Å². The minimum Gasteiger partial charge on any atom is -0.663 e. The van der Waals surface area contributed by atoms with E-state index in [1.165, 1.54) is 0 Å². The van der Waals surface area contributed by atoms with Gasteiger partial charge in [0.15, 0.2) is 6.79 Å². The number of hydrogen-bond donors (Lipinski definition) is 0. The van der Waals surface area contributed by atoms with E-state index < -0.39 is 19.0 Å². The molecule has 13 heteroatoms. The molecule has 0 heterocycles. The Labute approximate surface area is 59.7 Å². The van der Waals surface area contributed by atoms with Crippen LogP contribution in [0.1, 0.15) is 0 Å². The topological polar surface area (TPSA) is 18.5 Å². The standard InChI is InChI=1S/C5H2F4O2.7Rf/c6-4(7)1-10-3-11-2-5(8)9;;;;;;;/h3H2;;;;;;;/q-2;;;;;;;. The van der Waals surface area contributed by atoms with Crippen molar-refractivity contribution in [2.45, 2.75) is 0 Å². The normalized spacial score (nSPS) is 5.11. The molecule has 0 aliphatic heterocycles. The molecule has 0 aliphatic rings. The van der Waals surface area contributed by atoms with Gasteiger partial charge in [0, 0.05) is 0 Å². The molecule has 0 saturated carbocycles. The van der Waals surface area contributed by atoms with Gasteiger partial charge in [-0.3, -0.25) is 0 Å². The van der Waals surface area contributed by atoms with Crippen LogP contribution in [0, 0.1) is 12.5 Å². The van der Waals surface area contributed by atoms with Gasteiger partial charge >= 0.3 is 0 Å². The van der Waals surface area contributed by atoms with Crippen LogP contribution in [0.25, 0.3) is 0 Å². The summed E-state index contributed by atoms with van der Waals surface area (Å²) >= 11 is 0. The molecule has 0 bridgehead atoms. The van der Waals surface area contributed by atoms with E-state index in [1.807, 2.05) is 0 Å². The summed E-state index contributed by atoms with van der Waals surface area (Å²) in [6.45, 7) is -0.783. The van der Waals surface area contributed by atoms with Gasteiger partial charge in [0.1, 0.15) is 12.2 Å². The largest absolute Gasteiger partial charge is 0.663 e.